The minimum atomic E-state index is -0.462. The van der Waals surface area contributed by atoms with Gasteiger partial charge >= 0.3 is 0 Å². The first-order valence-corrected chi connectivity index (χ1v) is 5.84. The van der Waals surface area contributed by atoms with E-state index in [0.717, 1.165) is 25.9 Å². The largest absolute Gasteiger partial charge is 0.487 e. The maximum atomic E-state index is 13.7. The van der Waals surface area contributed by atoms with E-state index in [0.29, 0.717) is 5.56 Å². The van der Waals surface area contributed by atoms with Crippen LogP contribution in [0.5, 0.6) is 5.75 Å². The van der Waals surface area contributed by atoms with E-state index in [-0.39, 0.29) is 17.6 Å². The van der Waals surface area contributed by atoms with Crippen molar-refractivity contribution < 1.29 is 13.9 Å². The highest BCUT2D eigenvalue weighted by molar-refractivity contribution is 5.94. The molecule has 2 rings (SSSR count). The van der Waals surface area contributed by atoms with Crippen molar-refractivity contribution in [3.05, 3.63) is 29.6 Å². The van der Waals surface area contributed by atoms with E-state index in [9.17, 15) is 9.18 Å². The zero-order chi connectivity index (χ0) is 12.3. The van der Waals surface area contributed by atoms with Crippen molar-refractivity contribution >= 4 is 5.78 Å². The van der Waals surface area contributed by atoms with Crippen LogP contribution in [-0.2, 0) is 0 Å². The van der Waals surface area contributed by atoms with Gasteiger partial charge in [-0.25, -0.2) is 4.39 Å². The summed E-state index contributed by atoms with van der Waals surface area (Å²) in [6.45, 7) is 3.22. The standard InChI is InChI=1S/C13H16FNO2/c1-9(16)10-2-3-13(12(14)8-10)17-11-4-6-15-7-5-11/h2-3,8,11,15H,4-7H2,1H3. The van der Waals surface area contributed by atoms with Crippen LogP contribution >= 0.6 is 0 Å². The summed E-state index contributed by atoms with van der Waals surface area (Å²) < 4.78 is 19.3. The van der Waals surface area contributed by atoms with Crippen molar-refractivity contribution in [1.29, 1.82) is 0 Å². The smallest absolute Gasteiger partial charge is 0.165 e. The molecule has 0 saturated carbocycles. The molecule has 1 N–H and O–H groups in total. The zero-order valence-electron chi connectivity index (χ0n) is 9.83. The number of Topliss-reactive ketones (excluding diaryl/α,β-unsaturated/α-hetero) is 1. The second kappa shape index (κ2) is 5.27. The first-order chi connectivity index (χ1) is 8.16. The van der Waals surface area contributed by atoms with Crippen molar-refractivity contribution in [3.63, 3.8) is 0 Å². The SMILES string of the molecule is CC(=O)c1ccc(OC2CCNCC2)c(F)c1. The molecule has 1 heterocycles. The summed E-state index contributed by atoms with van der Waals surface area (Å²) in [5.41, 5.74) is 0.375. The molecule has 0 atom stereocenters. The third kappa shape index (κ3) is 3.03. The van der Waals surface area contributed by atoms with Gasteiger partial charge in [-0.3, -0.25) is 4.79 Å². The summed E-state index contributed by atoms with van der Waals surface area (Å²) >= 11 is 0. The van der Waals surface area contributed by atoms with Crippen LogP contribution in [-0.4, -0.2) is 25.0 Å². The molecule has 3 nitrogen and oxygen atoms in total. The average Bonchev–Trinajstić information content (AvgIpc) is 2.33. The fourth-order valence-electron chi connectivity index (χ4n) is 1.91. The highest BCUT2D eigenvalue weighted by atomic mass is 19.1. The lowest BCUT2D eigenvalue weighted by atomic mass is 10.1. The van der Waals surface area contributed by atoms with E-state index in [1.807, 2.05) is 0 Å². The number of hydrogen-bond donors (Lipinski definition) is 1. The predicted molar refractivity (Wildman–Crippen MR) is 62.9 cm³/mol. The minimum absolute atomic E-state index is 0.0638. The average molecular weight is 237 g/mol. The predicted octanol–water partition coefficient (Wildman–Crippen LogP) is 2.16. The van der Waals surface area contributed by atoms with Crippen molar-refractivity contribution in [1.82, 2.24) is 5.32 Å². The molecule has 1 aromatic rings. The molecular weight excluding hydrogens is 221 g/mol. The molecule has 1 aliphatic rings. The number of ketones is 1. The molecule has 0 amide bonds. The Balaban J connectivity index is 2.08. The number of benzene rings is 1. The number of hydrogen-bond acceptors (Lipinski definition) is 3. The molecule has 17 heavy (non-hydrogen) atoms. The number of carbonyl (C=O) groups is 1. The van der Waals surface area contributed by atoms with Gasteiger partial charge in [0.1, 0.15) is 6.10 Å². The molecule has 1 saturated heterocycles. The van der Waals surface area contributed by atoms with Gasteiger partial charge < -0.3 is 10.1 Å². The highest BCUT2D eigenvalue weighted by Gasteiger charge is 2.16. The van der Waals surface area contributed by atoms with Gasteiger partial charge in [-0.15, -0.1) is 0 Å². The lowest BCUT2D eigenvalue weighted by Crippen LogP contribution is -2.34. The van der Waals surface area contributed by atoms with E-state index in [2.05, 4.69) is 5.32 Å². The third-order valence-corrected chi connectivity index (χ3v) is 2.92. The Kier molecular flexibility index (Phi) is 3.74. The van der Waals surface area contributed by atoms with Crippen LogP contribution in [0.4, 0.5) is 4.39 Å². The monoisotopic (exact) mass is 237 g/mol. The Bertz CT molecular complexity index is 414. The van der Waals surface area contributed by atoms with Crippen LogP contribution in [0.3, 0.4) is 0 Å². The van der Waals surface area contributed by atoms with Crippen LogP contribution in [0.25, 0.3) is 0 Å². The molecule has 0 spiro atoms. The molecule has 0 aromatic heterocycles. The quantitative estimate of drug-likeness (QED) is 0.819. The lowest BCUT2D eigenvalue weighted by Gasteiger charge is -2.24. The fraction of sp³-hybridized carbons (Fsp3) is 0.462. The molecule has 0 aliphatic carbocycles. The van der Waals surface area contributed by atoms with Gasteiger partial charge in [-0.1, -0.05) is 0 Å². The van der Waals surface area contributed by atoms with Crippen LogP contribution in [0.2, 0.25) is 0 Å². The normalized spacial score (nSPS) is 16.8. The van der Waals surface area contributed by atoms with Gasteiger partial charge in [-0.05, 0) is 51.1 Å². The summed E-state index contributed by atoms with van der Waals surface area (Å²) in [5, 5.41) is 3.22. The topological polar surface area (TPSA) is 38.3 Å². The number of halogens is 1. The van der Waals surface area contributed by atoms with E-state index in [1.54, 1.807) is 6.07 Å². The van der Waals surface area contributed by atoms with Crippen molar-refractivity contribution in [2.24, 2.45) is 0 Å². The number of carbonyl (C=O) groups excluding carboxylic acids is 1. The van der Waals surface area contributed by atoms with Crippen LogP contribution in [0.1, 0.15) is 30.1 Å². The Morgan fingerprint density at radius 2 is 2.12 bits per heavy atom. The number of nitrogens with one attached hydrogen (secondary N) is 1. The molecular formula is C13H16FNO2. The molecule has 0 unspecified atom stereocenters. The Morgan fingerprint density at radius 1 is 1.41 bits per heavy atom. The number of rotatable bonds is 3. The van der Waals surface area contributed by atoms with Crippen LogP contribution in [0, 0.1) is 5.82 Å². The minimum Gasteiger partial charge on any atom is -0.487 e. The summed E-state index contributed by atoms with van der Waals surface area (Å²) in [6, 6.07) is 4.37. The molecule has 0 bridgehead atoms. The summed E-state index contributed by atoms with van der Waals surface area (Å²) in [5.74, 6) is -0.365. The second-order valence-corrected chi connectivity index (χ2v) is 4.27. The summed E-state index contributed by atoms with van der Waals surface area (Å²) in [6.07, 6.45) is 1.83. The van der Waals surface area contributed by atoms with E-state index >= 15 is 0 Å². The Labute approximate surface area is 100.0 Å². The van der Waals surface area contributed by atoms with Crippen molar-refractivity contribution in [2.45, 2.75) is 25.9 Å². The number of ether oxygens (including phenoxy) is 1. The molecule has 1 aliphatic heterocycles. The van der Waals surface area contributed by atoms with Gasteiger partial charge in [0.05, 0.1) is 0 Å². The van der Waals surface area contributed by atoms with Gasteiger partial charge in [0, 0.05) is 5.56 Å². The molecule has 1 aromatic carbocycles. The molecule has 1 fully saturated rings. The van der Waals surface area contributed by atoms with Gasteiger partial charge in [0.25, 0.3) is 0 Å². The fourth-order valence-corrected chi connectivity index (χ4v) is 1.91. The van der Waals surface area contributed by atoms with Gasteiger partial charge in [0.2, 0.25) is 0 Å². The maximum absolute atomic E-state index is 13.7. The van der Waals surface area contributed by atoms with E-state index in [1.165, 1.54) is 19.1 Å². The first kappa shape index (κ1) is 12.0. The highest BCUT2D eigenvalue weighted by Crippen LogP contribution is 2.22. The van der Waals surface area contributed by atoms with Crippen molar-refractivity contribution in [2.75, 3.05) is 13.1 Å². The van der Waals surface area contributed by atoms with Crippen molar-refractivity contribution in [3.8, 4) is 5.75 Å². The van der Waals surface area contributed by atoms with E-state index in [4.69, 9.17) is 4.74 Å². The summed E-state index contributed by atoms with van der Waals surface area (Å²) in [4.78, 5) is 11.1. The summed E-state index contributed by atoms with van der Waals surface area (Å²) in [7, 11) is 0. The number of piperidine rings is 1. The molecule has 4 heteroatoms. The lowest BCUT2D eigenvalue weighted by molar-refractivity contribution is 0.101. The van der Waals surface area contributed by atoms with Gasteiger partial charge in [0.15, 0.2) is 17.3 Å². The Morgan fingerprint density at radius 3 is 2.71 bits per heavy atom. The molecule has 0 radical (unpaired) electrons. The first-order valence-electron chi connectivity index (χ1n) is 5.84. The molecule has 92 valence electrons. The van der Waals surface area contributed by atoms with E-state index < -0.39 is 5.82 Å². The third-order valence-electron chi connectivity index (χ3n) is 2.92. The second-order valence-electron chi connectivity index (χ2n) is 4.27. The van der Waals surface area contributed by atoms with Crippen LogP contribution in [0.15, 0.2) is 18.2 Å². The Hall–Kier alpha value is -1.42. The maximum Gasteiger partial charge on any atom is 0.165 e. The van der Waals surface area contributed by atoms with Crippen LogP contribution < -0.4 is 10.1 Å². The van der Waals surface area contributed by atoms with Gasteiger partial charge in [-0.2, -0.15) is 0 Å². The zero-order valence-corrected chi connectivity index (χ0v) is 9.83.